The van der Waals surface area contributed by atoms with Crippen LogP contribution in [0.5, 0.6) is 0 Å². The molecule has 0 saturated carbocycles. The number of hydrogen-bond donors (Lipinski definition) is 1. The van der Waals surface area contributed by atoms with Crippen molar-refractivity contribution in [3.05, 3.63) is 35.1 Å². The summed E-state index contributed by atoms with van der Waals surface area (Å²) in [5.41, 5.74) is 1.52. The quantitative estimate of drug-likeness (QED) is 0.888. The first-order valence-corrected chi connectivity index (χ1v) is 6.49. The van der Waals surface area contributed by atoms with Crippen LogP contribution in [0.1, 0.15) is 23.6 Å². The van der Waals surface area contributed by atoms with E-state index in [1.54, 1.807) is 19.1 Å². The van der Waals surface area contributed by atoms with E-state index in [2.05, 4.69) is 10.2 Å². The van der Waals surface area contributed by atoms with E-state index in [1.165, 1.54) is 0 Å². The Hall–Kier alpha value is -1.00. The average molecular weight is 254 g/mol. The van der Waals surface area contributed by atoms with E-state index in [4.69, 9.17) is 0 Å². The summed E-state index contributed by atoms with van der Waals surface area (Å²) in [6.07, 6.45) is 0.433. The van der Waals surface area contributed by atoms with Crippen LogP contribution in [0.3, 0.4) is 0 Å². The van der Waals surface area contributed by atoms with Crippen molar-refractivity contribution in [3.63, 3.8) is 0 Å². The molecule has 4 heteroatoms. The largest absolute Gasteiger partial charge is 0.314 e. The van der Waals surface area contributed by atoms with Crippen LogP contribution >= 0.6 is 0 Å². The van der Waals surface area contributed by atoms with Gasteiger partial charge in [0, 0.05) is 32.2 Å². The van der Waals surface area contributed by atoms with Crippen molar-refractivity contribution in [1.29, 1.82) is 0 Å². The molecule has 1 heterocycles. The Morgan fingerprint density at radius 2 is 2.06 bits per heavy atom. The van der Waals surface area contributed by atoms with E-state index in [9.17, 15) is 8.78 Å². The topological polar surface area (TPSA) is 15.3 Å². The number of nitrogens with zero attached hydrogens (tertiary/aromatic N) is 1. The number of nitrogens with one attached hydrogen (secondary N) is 1. The van der Waals surface area contributed by atoms with Crippen LogP contribution in [0, 0.1) is 12.7 Å². The lowest BCUT2D eigenvalue weighted by atomic mass is 10.00. The number of rotatable bonds is 4. The summed E-state index contributed by atoms with van der Waals surface area (Å²) in [6, 6.07) is 5.24. The maximum atomic E-state index is 13.6. The molecule has 0 amide bonds. The molecule has 1 aromatic rings. The van der Waals surface area contributed by atoms with Crippen LogP contribution in [0.15, 0.2) is 18.2 Å². The molecule has 1 aliphatic heterocycles. The number of piperazine rings is 1. The summed E-state index contributed by atoms with van der Waals surface area (Å²) < 4.78 is 26.4. The van der Waals surface area contributed by atoms with Gasteiger partial charge in [-0.25, -0.2) is 4.39 Å². The van der Waals surface area contributed by atoms with Crippen LogP contribution in [-0.2, 0) is 0 Å². The molecule has 0 radical (unpaired) electrons. The zero-order valence-corrected chi connectivity index (χ0v) is 10.8. The third kappa shape index (κ3) is 3.06. The molecule has 100 valence electrons. The highest BCUT2D eigenvalue weighted by molar-refractivity contribution is 5.26. The van der Waals surface area contributed by atoms with Gasteiger partial charge < -0.3 is 5.32 Å². The summed E-state index contributed by atoms with van der Waals surface area (Å²) in [6.45, 7) is 4.98. The Morgan fingerprint density at radius 1 is 1.33 bits per heavy atom. The van der Waals surface area contributed by atoms with Gasteiger partial charge in [0.1, 0.15) is 5.82 Å². The number of halogens is 2. The Balaban J connectivity index is 2.19. The zero-order chi connectivity index (χ0) is 13.0. The van der Waals surface area contributed by atoms with Gasteiger partial charge in [0.2, 0.25) is 0 Å². The maximum Gasteiger partial charge on any atom is 0.126 e. The fraction of sp³-hybridized carbons (Fsp3) is 0.571. The lowest BCUT2D eigenvalue weighted by molar-refractivity contribution is 0.157. The van der Waals surface area contributed by atoms with Crippen molar-refractivity contribution < 1.29 is 8.78 Å². The van der Waals surface area contributed by atoms with Crippen molar-refractivity contribution in [2.24, 2.45) is 0 Å². The van der Waals surface area contributed by atoms with Gasteiger partial charge in [-0.1, -0.05) is 12.1 Å². The minimum atomic E-state index is -0.371. The van der Waals surface area contributed by atoms with Crippen LogP contribution < -0.4 is 5.32 Å². The Labute approximate surface area is 107 Å². The highest BCUT2D eigenvalue weighted by atomic mass is 19.1. The minimum absolute atomic E-state index is 0.00722. The van der Waals surface area contributed by atoms with Gasteiger partial charge in [-0.2, -0.15) is 0 Å². The smallest absolute Gasteiger partial charge is 0.126 e. The van der Waals surface area contributed by atoms with E-state index >= 15 is 0 Å². The molecule has 1 aliphatic rings. The van der Waals surface area contributed by atoms with Crippen molar-refractivity contribution in [1.82, 2.24) is 10.2 Å². The number of benzene rings is 1. The molecule has 18 heavy (non-hydrogen) atoms. The molecular weight excluding hydrogens is 234 g/mol. The van der Waals surface area contributed by atoms with Gasteiger partial charge in [0.05, 0.1) is 6.67 Å². The molecule has 0 spiro atoms. The first-order chi connectivity index (χ1) is 8.72. The molecule has 1 atom stereocenters. The summed E-state index contributed by atoms with van der Waals surface area (Å²) in [4.78, 5) is 2.24. The van der Waals surface area contributed by atoms with Gasteiger partial charge in [0.25, 0.3) is 0 Å². The van der Waals surface area contributed by atoms with Crippen LogP contribution in [0.2, 0.25) is 0 Å². The van der Waals surface area contributed by atoms with Crippen molar-refractivity contribution in [2.45, 2.75) is 19.4 Å². The lowest BCUT2D eigenvalue weighted by Gasteiger charge is -2.35. The van der Waals surface area contributed by atoms with Gasteiger partial charge >= 0.3 is 0 Å². The Kier molecular flexibility index (Phi) is 4.66. The highest BCUT2D eigenvalue weighted by Gasteiger charge is 2.22. The fourth-order valence-electron chi connectivity index (χ4n) is 2.47. The molecule has 1 fully saturated rings. The van der Waals surface area contributed by atoms with E-state index in [0.717, 1.165) is 31.7 Å². The molecule has 0 aliphatic carbocycles. The van der Waals surface area contributed by atoms with Crippen molar-refractivity contribution in [2.75, 3.05) is 32.9 Å². The van der Waals surface area contributed by atoms with Gasteiger partial charge in [0.15, 0.2) is 0 Å². The minimum Gasteiger partial charge on any atom is -0.314 e. The predicted octanol–water partition coefficient (Wildman–Crippen LogP) is 2.44. The van der Waals surface area contributed by atoms with Crippen LogP contribution in [-0.4, -0.2) is 37.8 Å². The fourth-order valence-corrected chi connectivity index (χ4v) is 2.47. The summed E-state index contributed by atoms with van der Waals surface area (Å²) in [5, 5.41) is 3.27. The van der Waals surface area contributed by atoms with Crippen LogP contribution in [0.4, 0.5) is 8.78 Å². The number of aryl methyl sites for hydroxylation is 1. The second-order valence-corrected chi connectivity index (χ2v) is 4.79. The maximum absolute atomic E-state index is 13.6. The third-order valence-electron chi connectivity index (χ3n) is 3.56. The average Bonchev–Trinajstić information content (AvgIpc) is 2.40. The number of hydrogen-bond acceptors (Lipinski definition) is 2. The molecule has 0 unspecified atom stereocenters. The summed E-state index contributed by atoms with van der Waals surface area (Å²) >= 11 is 0. The predicted molar refractivity (Wildman–Crippen MR) is 68.9 cm³/mol. The molecule has 0 bridgehead atoms. The second-order valence-electron chi connectivity index (χ2n) is 4.79. The van der Waals surface area contributed by atoms with Gasteiger partial charge in [-0.05, 0) is 30.5 Å². The van der Waals surface area contributed by atoms with Gasteiger partial charge in [-0.3, -0.25) is 9.29 Å². The Bertz CT molecular complexity index is 389. The second kappa shape index (κ2) is 6.25. The molecule has 1 saturated heterocycles. The SMILES string of the molecule is Cc1ccc([C@H](CCF)N2CCNCC2)cc1F. The Morgan fingerprint density at radius 3 is 2.67 bits per heavy atom. The molecule has 1 N–H and O–H groups in total. The zero-order valence-electron chi connectivity index (χ0n) is 10.8. The first-order valence-electron chi connectivity index (χ1n) is 6.49. The third-order valence-corrected chi connectivity index (χ3v) is 3.56. The monoisotopic (exact) mass is 254 g/mol. The molecule has 2 rings (SSSR count). The molecular formula is C14H20F2N2. The normalized spacial score (nSPS) is 18.8. The van der Waals surface area contributed by atoms with E-state index in [0.29, 0.717) is 12.0 Å². The van der Waals surface area contributed by atoms with E-state index in [-0.39, 0.29) is 18.5 Å². The highest BCUT2D eigenvalue weighted by Crippen LogP contribution is 2.26. The van der Waals surface area contributed by atoms with Gasteiger partial charge in [-0.15, -0.1) is 0 Å². The standard InChI is InChI=1S/C14H20F2N2/c1-11-2-3-12(10-13(11)16)14(4-5-15)18-8-6-17-7-9-18/h2-3,10,14,17H,4-9H2,1H3/t14-/m0/s1. The molecule has 2 nitrogen and oxygen atoms in total. The first kappa shape index (κ1) is 13.4. The summed E-state index contributed by atoms with van der Waals surface area (Å²) in [5.74, 6) is -0.202. The van der Waals surface area contributed by atoms with Crippen molar-refractivity contribution in [3.8, 4) is 0 Å². The van der Waals surface area contributed by atoms with E-state index < -0.39 is 0 Å². The molecule has 0 aromatic heterocycles. The molecule has 1 aromatic carbocycles. The number of alkyl halides is 1. The lowest BCUT2D eigenvalue weighted by Crippen LogP contribution is -2.45. The van der Waals surface area contributed by atoms with E-state index in [1.807, 2.05) is 6.07 Å². The summed E-state index contributed by atoms with van der Waals surface area (Å²) in [7, 11) is 0. The van der Waals surface area contributed by atoms with Crippen molar-refractivity contribution >= 4 is 0 Å². The van der Waals surface area contributed by atoms with Crippen LogP contribution in [0.25, 0.3) is 0 Å².